The first-order chi connectivity index (χ1) is 25.0. The van der Waals surface area contributed by atoms with E-state index >= 15 is 0 Å². The molecule has 4 aliphatic rings. The van der Waals surface area contributed by atoms with Gasteiger partial charge in [0.15, 0.2) is 5.65 Å². The van der Waals surface area contributed by atoms with Crippen LogP contribution in [0, 0.1) is 0 Å². The molecular formula is C39H42N8O4. The molecule has 2 saturated heterocycles. The molecule has 3 aliphatic heterocycles. The highest BCUT2D eigenvalue weighted by molar-refractivity contribution is 6.02. The molecule has 1 atom stereocenters. The Balaban J connectivity index is 0.827. The Morgan fingerprint density at radius 1 is 0.863 bits per heavy atom. The van der Waals surface area contributed by atoms with Gasteiger partial charge in [0, 0.05) is 35.8 Å². The van der Waals surface area contributed by atoms with Crippen LogP contribution in [0.15, 0.2) is 67.1 Å². The number of phenolic OH excluding ortho intramolecular Hbond substituents is 1. The Kier molecular flexibility index (Phi) is 8.18. The van der Waals surface area contributed by atoms with E-state index in [-0.39, 0.29) is 23.6 Å². The maximum absolute atomic E-state index is 12.7. The second-order valence-electron chi connectivity index (χ2n) is 14.4. The molecule has 3 aromatic heterocycles. The van der Waals surface area contributed by atoms with E-state index < -0.39 is 0 Å². The van der Waals surface area contributed by atoms with E-state index in [0.29, 0.717) is 60.8 Å². The number of piperidine rings is 2. The van der Waals surface area contributed by atoms with Gasteiger partial charge in [-0.25, -0.2) is 4.68 Å². The number of fused-ring (bicyclic) bond motifs is 2. The van der Waals surface area contributed by atoms with Crippen molar-refractivity contribution in [3.63, 3.8) is 0 Å². The van der Waals surface area contributed by atoms with Crippen molar-refractivity contribution in [2.24, 2.45) is 0 Å². The number of nitrogens with one attached hydrogen (secondary N) is 2. The highest BCUT2D eigenvalue weighted by Crippen LogP contribution is 2.45. The average molecular weight is 687 g/mol. The van der Waals surface area contributed by atoms with Gasteiger partial charge in [-0.05, 0) is 105 Å². The standard InChI is InChI=1S/C39H42N8O4/c48-35-7-2-1-4-29(35)31-20-30-34(22-40-38(30)44-43-31)47-23-26(21-41-47)24-14-16-45(17-15-24)27-10-8-25(9-11-27)28-5-3-6-32-37(28)51-19-18-46(32)33-12-13-36(49)42-39(33)50/h1-7,20-25,27,33,48H,8-19H2,(H,40,44)(H,42,49,50). The van der Waals surface area contributed by atoms with Gasteiger partial charge in [-0.3, -0.25) is 14.9 Å². The predicted molar refractivity (Wildman–Crippen MR) is 192 cm³/mol. The summed E-state index contributed by atoms with van der Waals surface area (Å²) in [4.78, 5) is 32.5. The van der Waals surface area contributed by atoms with E-state index in [1.165, 1.54) is 24.0 Å². The molecule has 0 radical (unpaired) electrons. The Hall–Kier alpha value is -5.23. The van der Waals surface area contributed by atoms with Crippen molar-refractivity contribution < 1.29 is 19.4 Å². The fourth-order valence-corrected chi connectivity index (χ4v) is 8.87. The van der Waals surface area contributed by atoms with Crippen LogP contribution in [0.5, 0.6) is 11.5 Å². The van der Waals surface area contributed by atoms with Crippen LogP contribution in [0.1, 0.15) is 74.3 Å². The zero-order valence-corrected chi connectivity index (χ0v) is 28.5. The molecule has 12 heteroatoms. The van der Waals surface area contributed by atoms with Gasteiger partial charge in [0.05, 0.1) is 29.8 Å². The van der Waals surface area contributed by atoms with E-state index in [9.17, 15) is 14.7 Å². The monoisotopic (exact) mass is 686 g/mol. The van der Waals surface area contributed by atoms with E-state index in [1.54, 1.807) is 12.1 Å². The summed E-state index contributed by atoms with van der Waals surface area (Å²) < 4.78 is 8.21. The Labute approximate surface area is 295 Å². The number of carbonyl (C=O) groups excluding carboxylic acids is 2. The lowest BCUT2D eigenvalue weighted by Gasteiger charge is -2.42. The van der Waals surface area contributed by atoms with E-state index in [2.05, 4.69) is 54.7 Å². The van der Waals surface area contributed by atoms with Gasteiger partial charge in [0.2, 0.25) is 11.8 Å². The zero-order valence-electron chi connectivity index (χ0n) is 28.5. The van der Waals surface area contributed by atoms with Crippen molar-refractivity contribution in [1.82, 2.24) is 35.2 Å². The smallest absolute Gasteiger partial charge is 0.249 e. The first-order valence-corrected chi connectivity index (χ1v) is 18.3. The summed E-state index contributed by atoms with van der Waals surface area (Å²) in [5, 5.41) is 27.2. The van der Waals surface area contributed by atoms with E-state index in [4.69, 9.17) is 9.84 Å². The number of rotatable bonds is 6. The fraction of sp³-hybridized carbons (Fsp3) is 0.410. The largest absolute Gasteiger partial charge is 0.507 e. The molecule has 1 aliphatic carbocycles. The number of phenols is 1. The number of nitrogens with zero attached hydrogens (tertiary/aromatic N) is 6. The SMILES string of the molecule is O=C1CCC(N2CCOc3c(C4CCC(N5CCC(c6cnn(-c7c[nH]c8nnc(-c9ccccc9O)cc78)c6)CC5)CC4)cccc32)C(=O)N1. The lowest BCUT2D eigenvalue weighted by molar-refractivity contribution is -0.134. The lowest BCUT2D eigenvalue weighted by Crippen LogP contribution is -2.54. The number of H-pyrrole nitrogens is 1. The van der Waals surface area contributed by atoms with Crippen LogP contribution < -0.4 is 15.0 Å². The minimum Gasteiger partial charge on any atom is -0.507 e. The molecule has 51 heavy (non-hydrogen) atoms. The van der Waals surface area contributed by atoms with Crippen molar-refractivity contribution in [2.45, 2.75) is 75.3 Å². The van der Waals surface area contributed by atoms with Crippen molar-refractivity contribution in [3.05, 3.63) is 78.2 Å². The summed E-state index contributed by atoms with van der Waals surface area (Å²) in [7, 11) is 0. The number of amides is 2. The van der Waals surface area contributed by atoms with Crippen LogP contribution in [-0.2, 0) is 9.59 Å². The van der Waals surface area contributed by atoms with Crippen molar-refractivity contribution >= 4 is 28.5 Å². The molecule has 9 rings (SSSR count). The number of likely N-dealkylation sites (tertiary alicyclic amines) is 1. The van der Waals surface area contributed by atoms with Gasteiger partial charge >= 0.3 is 0 Å². The molecule has 262 valence electrons. The molecule has 3 fully saturated rings. The maximum atomic E-state index is 12.7. The number of aromatic amines is 1. The molecule has 1 saturated carbocycles. The Morgan fingerprint density at radius 2 is 1.71 bits per heavy atom. The summed E-state index contributed by atoms with van der Waals surface area (Å²) in [5.74, 6) is 1.62. The van der Waals surface area contributed by atoms with Crippen LogP contribution in [0.2, 0.25) is 0 Å². The Morgan fingerprint density at radius 3 is 2.53 bits per heavy atom. The van der Waals surface area contributed by atoms with Gasteiger partial charge in [-0.2, -0.15) is 5.10 Å². The van der Waals surface area contributed by atoms with Gasteiger partial charge in [-0.15, -0.1) is 10.2 Å². The summed E-state index contributed by atoms with van der Waals surface area (Å²) in [5.41, 5.74) is 6.35. The van der Waals surface area contributed by atoms with Crippen molar-refractivity contribution in [3.8, 4) is 28.4 Å². The summed E-state index contributed by atoms with van der Waals surface area (Å²) in [6.45, 7) is 3.36. The third-order valence-corrected chi connectivity index (χ3v) is 11.6. The first kappa shape index (κ1) is 31.7. The second kappa shape index (κ2) is 13.1. The van der Waals surface area contributed by atoms with Gasteiger partial charge in [-0.1, -0.05) is 24.3 Å². The summed E-state index contributed by atoms with van der Waals surface area (Å²) >= 11 is 0. The Bertz CT molecular complexity index is 2090. The number of imide groups is 1. The minimum atomic E-state index is -0.332. The van der Waals surface area contributed by atoms with Crippen LogP contribution in [-0.4, -0.2) is 85.1 Å². The third-order valence-electron chi connectivity index (χ3n) is 11.6. The molecular weight excluding hydrogens is 644 g/mol. The number of hydrogen-bond donors (Lipinski definition) is 3. The topological polar surface area (TPSA) is 142 Å². The van der Waals surface area contributed by atoms with Crippen LogP contribution in [0.25, 0.3) is 28.0 Å². The first-order valence-electron chi connectivity index (χ1n) is 18.3. The molecule has 1 unspecified atom stereocenters. The second-order valence-corrected chi connectivity index (χ2v) is 14.4. The highest BCUT2D eigenvalue weighted by Gasteiger charge is 2.37. The number of para-hydroxylation sites is 2. The van der Waals surface area contributed by atoms with E-state index in [0.717, 1.165) is 61.3 Å². The quantitative estimate of drug-likeness (QED) is 0.200. The number of hydrogen-bond acceptors (Lipinski definition) is 9. The molecule has 0 spiro atoms. The predicted octanol–water partition coefficient (Wildman–Crippen LogP) is 5.43. The number of aromatic hydroxyl groups is 1. The van der Waals surface area contributed by atoms with Gasteiger partial charge in [0.1, 0.15) is 24.1 Å². The van der Waals surface area contributed by atoms with Crippen molar-refractivity contribution in [2.75, 3.05) is 31.1 Å². The summed E-state index contributed by atoms with van der Waals surface area (Å²) in [6.07, 6.45) is 13.8. The third kappa shape index (κ3) is 5.90. The van der Waals surface area contributed by atoms with Crippen LogP contribution in [0.4, 0.5) is 5.69 Å². The molecule has 2 aromatic carbocycles. The molecule has 0 bridgehead atoms. The van der Waals surface area contributed by atoms with Crippen LogP contribution >= 0.6 is 0 Å². The number of anilines is 1. The van der Waals surface area contributed by atoms with E-state index in [1.807, 2.05) is 35.3 Å². The number of ether oxygens (including phenoxy) is 1. The molecule has 2 amide bonds. The van der Waals surface area contributed by atoms with Crippen LogP contribution in [0.3, 0.4) is 0 Å². The normalized spacial score (nSPS) is 23.2. The number of aromatic nitrogens is 5. The molecule has 5 aromatic rings. The maximum Gasteiger partial charge on any atom is 0.249 e. The molecule has 12 nitrogen and oxygen atoms in total. The highest BCUT2D eigenvalue weighted by atomic mass is 16.5. The molecule has 6 heterocycles. The zero-order chi connectivity index (χ0) is 34.5. The number of carbonyl (C=O) groups is 2. The van der Waals surface area contributed by atoms with Gasteiger partial charge < -0.3 is 24.6 Å². The minimum absolute atomic E-state index is 0.174. The number of benzene rings is 2. The van der Waals surface area contributed by atoms with Gasteiger partial charge in [0.25, 0.3) is 0 Å². The average Bonchev–Trinajstić information content (AvgIpc) is 3.82. The summed E-state index contributed by atoms with van der Waals surface area (Å²) in [6, 6.07) is 15.7. The van der Waals surface area contributed by atoms with Crippen molar-refractivity contribution in [1.29, 1.82) is 0 Å². The fourth-order valence-electron chi connectivity index (χ4n) is 8.87. The lowest BCUT2D eigenvalue weighted by atomic mass is 9.79. The molecule has 3 N–H and O–H groups in total.